The van der Waals surface area contributed by atoms with E-state index in [4.69, 9.17) is 9.47 Å². The highest BCUT2D eigenvalue weighted by Crippen LogP contribution is 2.23. The maximum Gasteiger partial charge on any atom is 0.273 e. The number of ether oxygens (including phenoxy) is 2. The number of rotatable bonds is 11. The lowest BCUT2D eigenvalue weighted by Crippen LogP contribution is -2.25. The lowest BCUT2D eigenvalue weighted by molar-refractivity contribution is 0.101. The summed E-state index contributed by atoms with van der Waals surface area (Å²) in [6, 6.07) is 16.8. The first-order chi connectivity index (χ1) is 15.5. The van der Waals surface area contributed by atoms with E-state index in [0.717, 1.165) is 48.8 Å². The zero-order valence-corrected chi connectivity index (χ0v) is 19.3. The third-order valence-corrected chi connectivity index (χ3v) is 5.39. The van der Waals surface area contributed by atoms with E-state index in [-0.39, 0.29) is 5.91 Å². The molecule has 3 rings (SSSR count). The van der Waals surface area contributed by atoms with E-state index in [9.17, 15) is 4.79 Å². The molecule has 1 N–H and O–H groups in total. The van der Waals surface area contributed by atoms with E-state index in [2.05, 4.69) is 29.2 Å². The van der Waals surface area contributed by atoms with Gasteiger partial charge in [-0.1, -0.05) is 13.8 Å². The summed E-state index contributed by atoms with van der Waals surface area (Å²) < 4.78 is 12.6. The Morgan fingerprint density at radius 1 is 1.03 bits per heavy atom. The number of benzene rings is 2. The number of hydrogen-bond acceptors (Lipinski definition) is 5. The van der Waals surface area contributed by atoms with Gasteiger partial charge in [-0.25, -0.2) is 0 Å². The van der Waals surface area contributed by atoms with Crippen LogP contribution in [0.1, 0.15) is 30.8 Å². The molecule has 0 radical (unpaired) electrons. The fourth-order valence-electron chi connectivity index (χ4n) is 3.43. The van der Waals surface area contributed by atoms with Crippen molar-refractivity contribution in [1.29, 1.82) is 0 Å². The Kier molecular flexibility index (Phi) is 8.27. The molecule has 0 saturated heterocycles. The Morgan fingerprint density at radius 2 is 1.69 bits per heavy atom. The minimum absolute atomic E-state index is 0.215. The van der Waals surface area contributed by atoms with Crippen LogP contribution in [0.25, 0.3) is 11.3 Å². The molecule has 1 heterocycles. The highest BCUT2D eigenvalue weighted by Gasteiger charge is 2.15. The molecule has 32 heavy (non-hydrogen) atoms. The molecule has 0 aliphatic carbocycles. The van der Waals surface area contributed by atoms with Gasteiger partial charge in [-0.15, -0.1) is 0 Å². The molecule has 0 fully saturated rings. The van der Waals surface area contributed by atoms with Gasteiger partial charge in [-0.2, -0.15) is 5.10 Å². The van der Waals surface area contributed by atoms with Crippen LogP contribution in [0.2, 0.25) is 0 Å². The molecule has 0 atom stereocenters. The van der Waals surface area contributed by atoms with Crippen molar-refractivity contribution in [2.75, 3.05) is 38.7 Å². The predicted octanol–water partition coefficient (Wildman–Crippen LogP) is 4.46. The smallest absolute Gasteiger partial charge is 0.273 e. The molecule has 3 aromatic rings. The van der Waals surface area contributed by atoms with E-state index in [1.807, 2.05) is 48.5 Å². The predicted molar refractivity (Wildman–Crippen MR) is 127 cm³/mol. The van der Waals surface area contributed by atoms with Gasteiger partial charge in [0.15, 0.2) is 0 Å². The van der Waals surface area contributed by atoms with Crippen LogP contribution in [0.3, 0.4) is 0 Å². The summed E-state index contributed by atoms with van der Waals surface area (Å²) in [5.41, 5.74) is 2.84. The van der Waals surface area contributed by atoms with Crippen molar-refractivity contribution in [3.8, 4) is 22.8 Å². The highest BCUT2D eigenvalue weighted by atomic mass is 16.5. The zero-order chi connectivity index (χ0) is 22.9. The Morgan fingerprint density at radius 3 is 2.31 bits per heavy atom. The van der Waals surface area contributed by atoms with Gasteiger partial charge in [0.25, 0.3) is 5.91 Å². The monoisotopic (exact) mass is 436 g/mol. The van der Waals surface area contributed by atoms with Crippen LogP contribution < -0.4 is 14.8 Å². The second kappa shape index (κ2) is 11.3. The van der Waals surface area contributed by atoms with E-state index in [1.54, 1.807) is 24.9 Å². The fourth-order valence-corrected chi connectivity index (χ4v) is 3.43. The van der Waals surface area contributed by atoms with Gasteiger partial charge in [-0.3, -0.25) is 9.48 Å². The molecule has 2 aromatic carbocycles. The van der Waals surface area contributed by atoms with Gasteiger partial charge in [0.2, 0.25) is 0 Å². The van der Waals surface area contributed by atoms with Crippen LogP contribution in [0.5, 0.6) is 11.5 Å². The van der Waals surface area contributed by atoms with Crippen molar-refractivity contribution in [3.05, 3.63) is 60.3 Å². The molecule has 0 unspecified atom stereocenters. The van der Waals surface area contributed by atoms with Gasteiger partial charge in [0.05, 0.1) is 19.4 Å². The maximum absolute atomic E-state index is 12.8. The number of methoxy groups -OCH3 is 1. The molecule has 0 aliphatic heterocycles. The second-order valence-electron chi connectivity index (χ2n) is 7.47. The average molecular weight is 437 g/mol. The fraction of sp³-hybridized carbons (Fsp3) is 0.360. The summed E-state index contributed by atoms with van der Waals surface area (Å²) in [6.07, 6.45) is 0.983. The number of nitrogens with one attached hydrogen (secondary N) is 1. The molecule has 0 aliphatic rings. The van der Waals surface area contributed by atoms with Gasteiger partial charge in [0.1, 0.15) is 17.2 Å². The molecule has 0 saturated carbocycles. The third kappa shape index (κ3) is 6.11. The van der Waals surface area contributed by atoms with Crippen molar-refractivity contribution in [2.45, 2.75) is 20.3 Å². The number of anilines is 1. The minimum atomic E-state index is -0.215. The van der Waals surface area contributed by atoms with E-state index >= 15 is 0 Å². The highest BCUT2D eigenvalue weighted by molar-refractivity contribution is 6.03. The number of amides is 1. The summed E-state index contributed by atoms with van der Waals surface area (Å²) in [6.45, 7) is 8.16. The summed E-state index contributed by atoms with van der Waals surface area (Å²) in [5, 5.41) is 7.40. The van der Waals surface area contributed by atoms with Crippen LogP contribution in [0.15, 0.2) is 54.6 Å². The Bertz CT molecular complexity index is 993. The molecular weight excluding hydrogens is 404 g/mol. The van der Waals surface area contributed by atoms with Crippen LogP contribution in [0, 0.1) is 0 Å². The molecular formula is C25H32N4O3. The largest absolute Gasteiger partial charge is 0.497 e. The maximum atomic E-state index is 12.8. The van der Waals surface area contributed by atoms with Crippen molar-refractivity contribution in [3.63, 3.8) is 0 Å². The van der Waals surface area contributed by atoms with Gasteiger partial charge >= 0.3 is 0 Å². The molecule has 0 bridgehead atoms. The Labute approximate surface area is 190 Å². The van der Waals surface area contributed by atoms with E-state index in [0.29, 0.717) is 18.0 Å². The van der Waals surface area contributed by atoms with Crippen LogP contribution >= 0.6 is 0 Å². The topological polar surface area (TPSA) is 68.6 Å². The molecule has 7 nitrogen and oxygen atoms in total. The molecule has 1 aromatic heterocycles. The molecule has 170 valence electrons. The van der Waals surface area contributed by atoms with Crippen LogP contribution in [-0.2, 0) is 7.05 Å². The number of carbonyl (C=O) groups excluding carboxylic acids is 1. The normalized spacial score (nSPS) is 10.9. The standard InChI is InChI=1S/C25H32N4O3/c1-5-29(6-2)16-7-17-32-22-14-10-20(11-15-22)26-25(30)24-18-23(27-28(24)3)19-8-12-21(31-4)13-9-19/h8-15,18H,5-7,16-17H2,1-4H3,(H,26,30). The lowest BCUT2D eigenvalue weighted by Gasteiger charge is -2.17. The summed E-state index contributed by atoms with van der Waals surface area (Å²) in [5.74, 6) is 1.36. The molecule has 0 spiro atoms. The first kappa shape index (κ1) is 23.3. The van der Waals surface area contributed by atoms with Crippen molar-refractivity contribution in [1.82, 2.24) is 14.7 Å². The van der Waals surface area contributed by atoms with Crippen molar-refractivity contribution in [2.24, 2.45) is 7.05 Å². The number of nitrogens with zero attached hydrogens (tertiary/aromatic N) is 3. The zero-order valence-electron chi connectivity index (χ0n) is 19.3. The van der Waals surface area contributed by atoms with Gasteiger partial charge in [0, 0.05) is 24.8 Å². The lowest BCUT2D eigenvalue weighted by atomic mass is 10.1. The van der Waals surface area contributed by atoms with E-state index < -0.39 is 0 Å². The van der Waals surface area contributed by atoms with Crippen molar-refractivity contribution >= 4 is 11.6 Å². The summed E-state index contributed by atoms with van der Waals surface area (Å²) >= 11 is 0. The Hall–Kier alpha value is -3.32. The first-order valence-electron chi connectivity index (χ1n) is 11.0. The third-order valence-electron chi connectivity index (χ3n) is 5.39. The first-order valence-corrected chi connectivity index (χ1v) is 11.0. The Balaban J connectivity index is 1.56. The number of carbonyl (C=O) groups is 1. The van der Waals surface area contributed by atoms with Gasteiger partial charge < -0.3 is 19.7 Å². The van der Waals surface area contributed by atoms with Gasteiger partial charge in [-0.05, 0) is 74.1 Å². The number of hydrogen-bond donors (Lipinski definition) is 1. The van der Waals surface area contributed by atoms with E-state index in [1.165, 1.54) is 0 Å². The molecule has 1 amide bonds. The quantitative estimate of drug-likeness (QED) is 0.450. The second-order valence-corrected chi connectivity index (χ2v) is 7.47. The molecule has 7 heteroatoms. The average Bonchev–Trinajstić information content (AvgIpc) is 3.22. The number of aromatic nitrogens is 2. The van der Waals surface area contributed by atoms with Crippen LogP contribution in [-0.4, -0.2) is 53.9 Å². The van der Waals surface area contributed by atoms with Crippen LogP contribution in [0.4, 0.5) is 5.69 Å². The SMILES string of the molecule is CCN(CC)CCCOc1ccc(NC(=O)c2cc(-c3ccc(OC)cc3)nn2C)cc1. The minimum Gasteiger partial charge on any atom is -0.497 e. The van der Waals surface area contributed by atoms with Crippen molar-refractivity contribution < 1.29 is 14.3 Å². The number of aryl methyl sites for hydroxylation is 1. The summed E-state index contributed by atoms with van der Waals surface area (Å²) in [4.78, 5) is 15.1. The summed E-state index contributed by atoms with van der Waals surface area (Å²) in [7, 11) is 3.39.